The van der Waals surface area contributed by atoms with E-state index in [-0.39, 0.29) is 11.3 Å². The summed E-state index contributed by atoms with van der Waals surface area (Å²) in [7, 11) is -2.89. The summed E-state index contributed by atoms with van der Waals surface area (Å²) in [6.07, 6.45) is 6.20. The van der Waals surface area contributed by atoms with Crippen molar-refractivity contribution in [2.75, 3.05) is 12.0 Å². The van der Waals surface area contributed by atoms with Crippen LogP contribution in [0.5, 0.6) is 0 Å². The summed E-state index contributed by atoms with van der Waals surface area (Å²) in [6.45, 7) is 4.40. The highest BCUT2D eigenvalue weighted by molar-refractivity contribution is 7.99. The van der Waals surface area contributed by atoms with Crippen molar-refractivity contribution in [1.29, 1.82) is 0 Å². The molecular formula is C13H27NO2S2. The van der Waals surface area contributed by atoms with Crippen molar-refractivity contribution < 1.29 is 8.42 Å². The average Bonchev–Trinajstić information content (AvgIpc) is 2.34. The fraction of sp³-hybridized carbons (Fsp3) is 1.00. The Kier molecular flexibility index (Phi) is 6.48. The highest BCUT2D eigenvalue weighted by Gasteiger charge is 2.31. The molecule has 2 N–H and O–H groups in total. The first kappa shape index (κ1) is 16.3. The molecule has 0 aliphatic heterocycles. The molecule has 3 nitrogen and oxygen atoms in total. The standard InChI is InChI=1S/C13H27NO2S2/c1-4-10(2)17-9-13(14)11-6-5-7-12(8-11)18(3,15)16/h10-13H,4-9,14H2,1-3H3. The number of rotatable bonds is 6. The third-order valence-corrected chi connectivity index (χ3v) is 7.14. The normalized spacial score (nSPS) is 28.9. The Labute approximate surface area is 116 Å². The third-order valence-electron chi connectivity index (χ3n) is 4.03. The van der Waals surface area contributed by atoms with E-state index in [4.69, 9.17) is 5.73 Å². The highest BCUT2D eigenvalue weighted by Crippen LogP contribution is 2.31. The first-order valence-corrected chi connectivity index (χ1v) is 9.91. The van der Waals surface area contributed by atoms with Crippen LogP contribution in [-0.2, 0) is 9.84 Å². The second kappa shape index (κ2) is 7.15. The van der Waals surface area contributed by atoms with E-state index in [1.165, 1.54) is 6.26 Å². The van der Waals surface area contributed by atoms with Gasteiger partial charge in [-0.3, -0.25) is 0 Å². The van der Waals surface area contributed by atoms with Gasteiger partial charge in [0.2, 0.25) is 0 Å². The van der Waals surface area contributed by atoms with Gasteiger partial charge in [0.25, 0.3) is 0 Å². The van der Waals surface area contributed by atoms with Gasteiger partial charge in [-0.1, -0.05) is 20.3 Å². The van der Waals surface area contributed by atoms with Gasteiger partial charge in [-0.05, 0) is 31.6 Å². The van der Waals surface area contributed by atoms with Crippen molar-refractivity contribution in [3.63, 3.8) is 0 Å². The van der Waals surface area contributed by atoms with E-state index >= 15 is 0 Å². The maximum absolute atomic E-state index is 11.6. The van der Waals surface area contributed by atoms with Gasteiger partial charge in [-0.2, -0.15) is 11.8 Å². The number of nitrogens with two attached hydrogens (primary N) is 1. The summed E-state index contributed by atoms with van der Waals surface area (Å²) in [6, 6.07) is 0.147. The fourth-order valence-corrected chi connectivity index (χ4v) is 4.74. The van der Waals surface area contributed by atoms with Crippen LogP contribution >= 0.6 is 11.8 Å². The Morgan fingerprint density at radius 1 is 1.39 bits per heavy atom. The van der Waals surface area contributed by atoms with E-state index < -0.39 is 9.84 Å². The smallest absolute Gasteiger partial charge is 0.150 e. The van der Waals surface area contributed by atoms with Gasteiger partial charge in [0, 0.05) is 23.3 Å². The summed E-state index contributed by atoms with van der Waals surface area (Å²) in [5, 5.41) is 0.487. The number of sulfone groups is 1. The Balaban J connectivity index is 2.46. The molecule has 1 aliphatic carbocycles. The molecule has 0 saturated heterocycles. The monoisotopic (exact) mass is 293 g/mol. The molecule has 0 aromatic heterocycles. The lowest BCUT2D eigenvalue weighted by molar-refractivity contribution is 0.319. The van der Waals surface area contributed by atoms with E-state index in [0.717, 1.165) is 37.9 Å². The SMILES string of the molecule is CCC(C)SCC(N)C1CCCC(S(C)(=O)=O)C1. The molecule has 0 amide bonds. The Hall–Kier alpha value is 0.260. The predicted octanol–water partition coefficient (Wildman–Crippen LogP) is 2.45. The van der Waals surface area contributed by atoms with Crippen molar-refractivity contribution in [3.05, 3.63) is 0 Å². The summed E-state index contributed by atoms with van der Waals surface area (Å²) in [5.41, 5.74) is 6.24. The summed E-state index contributed by atoms with van der Waals surface area (Å²) in [4.78, 5) is 0. The molecule has 0 radical (unpaired) electrons. The van der Waals surface area contributed by atoms with Crippen molar-refractivity contribution in [1.82, 2.24) is 0 Å². The first-order valence-electron chi connectivity index (χ1n) is 6.90. The largest absolute Gasteiger partial charge is 0.327 e. The predicted molar refractivity (Wildman–Crippen MR) is 80.8 cm³/mol. The molecule has 1 aliphatic rings. The van der Waals surface area contributed by atoms with Gasteiger partial charge < -0.3 is 5.73 Å². The van der Waals surface area contributed by atoms with Crippen molar-refractivity contribution in [2.24, 2.45) is 11.7 Å². The summed E-state index contributed by atoms with van der Waals surface area (Å²) in [5.74, 6) is 1.34. The van der Waals surface area contributed by atoms with Crippen molar-refractivity contribution in [2.45, 2.75) is 62.5 Å². The second-order valence-electron chi connectivity index (χ2n) is 5.59. The molecular weight excluding hydrogens is 266 g/mol. The lowest BCUT2D eigenvalue weighted by Gasteiger charge is -2.32. The van der Waals surface area contributed by atoms with E-state index in [9.17, 15) is 8.42 Å². The van der Waals surface area contributed by atoms with Crippen LogP contribution in [0.1, 0.15) is 46.0 Å². The molecule has 1 rings (SSSR count). The second-order valence-corrected chi connectivity index (χ2v) is 9.39. The summed E-state index contributed by atoms with van der Waals surface area (Å²) >= 11 is 1.91. The molecule has 0 aromatic carbocycles. The number of thioether (sulfide) groups is 1. The van der Waals surface area contributed by atoms with Gasteiger partial charge >= 0.3 is 0 Å². The Bertz CT molecular complexity index is 343. The number of hydrogen-bond acceptors (Lipinski definition) is 4. The maximum atomic E-state index is 11.6. The van der Waals surface area contributed by atoms with Crippen LogP contribution < -0.4 is 5.73 Å². The zero-order chi connectivity index (χ0) is 13.8. The van der Waals surface area contributed by atoms with E-state index in [1.54, 1.807) is 0 Å². The molecule has 4 unspecified atom stereocenters. The molecule has 0 bridgehead atoms. The third kappa shape index (κ3) is 5.10. The average molecular weight is 293 g/mol. The molecule has 0 aromatic rings. The summed E-state index contributed by atoms with van der Waals surface area (Å²) < 4.78 is 23.2. The van der Waals surface area contributed by atoms with Crippen LogP contribution in [-0.4, -0.2) is 37.0 Å². The molecule has 0 heterocycles. The van der Waals surface area contributed by atoms with Crippen LogP contribution in [0.2, 0.25) is 0 Å². The van der Waals surface area contributed by atoms with E-state index in [1.807, 2.05) is 11.8 Å². The van der Waals surface area contributed by atoms with Gasteiger partial charge in [0.1, 0.15) is 9.84 Å². The topological polar surface area (TPSA) is 60.2 Å². The molecule has 4 atom stereocenters. The minimum atomic E-state index is -2.89. The van der Waals surface area contributed by atoms with Crippen LogP contribution in [0.15, 0.2) is 0 Å². The number of hydrogen-bond donors (Lipinski definition) is 1. The molecule has 108 valence electrons. The molecule has 18 heavy (non-hydrogen) atoms. The minimum Gasteiger partial charge on any atom is -0.327 e. The molecule has 0 spiro atoms. The first-order chi connectivity index (χ1) is 8.34. The van der Waals surface area contributed by atoms with Gasteiger partial charge in [-0.15, -0.1) is 0 Å². The van der Waals surface area contributed by atoms with E-state index in [0.29, 0.717) is 11.2 Å². The molecule has 5 heteroatoms. The lowest BCUT2D eigenvalue weighted by atomic mass is 9.84. The Morgan fingerprint density at radius 3 is 2.61 bits per heavy atom. The zero-order valence-electron chi connectivity index (χ0n) is 11.8. The zero-order valence-corrected chi connectivity index (χ0v) is 13.4. The van der Waals surface area contributed by atoms with Crippen molar-refractivity contribution in [3.8, 4) is 0 Å². The Morgan fingerprint density at radius 2 is 2.06 bits per heavy atom. The fourth-order valence-electron chi connectivity index (χ4n) is 2.49. The van der Waals surface area contributed by atoms with Gasteiger partial charge in [0.15, 0.2) is 0 Å². The molecule has 1 saturated carbocycles. The van der Waals surface area contributed by atoms with Crippen LogP contribution in [0.3, 0.4) is 0 Å². The maximum Gasteiger partial charge on any atom is 0.150 e. The quantitative estimate of drug-likeness (QED) is 0.817. The van der Waals surface area contributed by atoms with Crippen LogP contribution in [0.25, 0.3) is 0 Å². The molecule has 1 fully saturated rings. The van der Waals surface area contributed by atoms with Crippen LogP contribution in [0.4, 0.5) is 0 Å². The van der Waals surface area contributed by atoms with Crippen molar-refractivity contribution >= 4 is 21.6 Å². The van der Waals surface area contributed by atoms with Gasteiger partial charge in [-0.25, -0.2) is 8.42 Å². The highest BCUT2D eigenvalue weighted by atomic mass is 32.2. The minimum absolute atomic E-state index is 0.147. The van der Waals surface area contributed by atoms with Gasteiger partial charge in [0.05, 0.1) is 5.25 Å². The van der Waals surface area contributed by atoms with E-state index in [2.05, 4.69) is 13.8 Å². The van der Waals surface area contributed by atoms with Crippen LogP contribution in [0, 0.1) is 5.92 Å². The lowest BCUT2D eigenvalue weighted by Crippen LogP contribution is -2.39.